The molecular formula is C15H13BrN2O3. The number of halogens is 1. The van der Waals surface area contributed by atoms with Gasteiger partial charge in [0.2, 0.25) is 0 Å². The minimum absolute atomic E-state index is 0.0623. The van der Waals surface area contributed by atoms with Gasteiger partial charge in [-0.25, -0.2) is 0 Å². The van der Waals surface area contributed by atoms with Crippen molar-refractivity contribution in [2.24, 2.45) is 0 Å². The van der Waals surface area contributed by atoms with Crippen LogP contribution in [0.15, 0.2) is 40.9 Å². The molecule has 0 radical (unpaired) electrons. The van der Waals surface area contributed by atoms with Crippen LogP contribution in [0.4, 0.5) is 11.4 Å². The molecule has 0 heterocycles. The summed E-state index contributed by atoms with van der Waals surface area (Å²) in [5.74, 6) is -0.369. The van der Waals surface area contributed by atoms with Gasteiger partial charge < -0.3 is 5.32 Å². The molecule has 2 aromatic rings. The third-order valence-corrected chi connectivity index (χ3v) is 4.03. The number of hydrogen-bond donors (Lipinski definition) is 1. The predicted molar refractivity (Wildman–Crippen MR) is 84.7 cm³/mol. The lowest BCUT2D eigenvalue weighted by atomic mass is 10.1. The fraction of sp³-hybridized carbons (Fsp3) is 0.133. The fourth-order valence-electron chi connectivity index (χ4n) is 1.94. The molecule has 1 amide bonds. The summed E-state index contributed by atoms with van der Waals surface area (Å²) in [5, 5.41) is 13.6. The minimum atomic E-state index is -0.491. The Hall–Kier alpha value is -2.21. The van der Waals surface area contributed by atoms with Crippen LogP contribution in [0.5, 0.6) is 0 Å². The van der Waals surface area contributed by atoms with E-state index in [1.54, 1.807) is 25.1 Å². The average molecular weight is 349 g/mol. The van der Waals surface area contributed by atoms with Gasteiger partial charge in [-0.05, 0) is 37.6 Å². The van der Waals surface area contributed by atoms with Crippen LogP contribution in [-0.2, 0) is 0 Å². The first kappa shape index (κ1) is 15.2. The Kier molecular flexibility index (Phi) is 4.37. The predicted octanol–water partition coefficient (Wildman–Crippen LogP) is 4.23. The van der Waals surface area contributed by atoms with Gasteiger partial charge in [0.05, 0.1) is 4.92 Å². The van der Waals surface area contributed by atoms with Crippen LogP contribution in [0, 0.1) is 24.0 Å². The molecular weight excluding hydrogens is 336 g/mol. The normalized spacial score (nSPS) is 10.2. The van der Waals surface area contributed by atoms with Gasteiger partial charge in [0.25, 0.3) is 11.6 Å². The van der Waals surface area contributed by atoms with Crippen LogP contribution >= 0.6 is 15.9 Å². The zero-order chi connectivity index (χ0) is 15.6. The molecule has 2 rings (SSSR count). The first-order valence-electron chi connectivity index (χ1n) is 6.21. The Morgan fingerprint density at radius 3 is 2.57 bits per heavy atom. The van der Waals surface area contributed by atoms with E-state index in [1.165, 1.54) is 12.1 Å². The highest BCUT2D eigenvalue weighted by Gasteiger charge is 2.18. The molecule has 0 aliphatic rings. The fourth-order valence-corrected chi connectivity index (χ4v) is 2.32. The molecule has 0 aliphatic heterocycles. The molecule has 108 valence electrons. The van der Waals surface area contributed by atoms with Crippen LogP contribution in [0.3, 0.4) is 0 Å². The van der Waals surface area contributed by atoms with Crippen LogP contribution in [0.1, 0.15) is 21.5 Å². The van der Waals surface area contributed by atoms with Crippen molar-refractivity contribution < 1.29 is 9.72 Å². The molecule has 0 spiro atoms. The van der Waals surface area contributed by atoms with Gasteiger partial charge in [-0.2, -0.15) is 0 Å². The maximum absolute atomic E-state index is 12.3. The number of aryl methyl sites for hydroxylation is 1. The van der Waals surface area contributed by atoms with Gasteiger partial charge >= 0.3 is 0 Å². The lowest BCUT2D eigenvalue weighted by Crippen LogP contribution is -2.14. The number of nitrogens with zero attached hydrogens (tertiary/aromatic N) is 1. The molecule has 0 saturated heterocycles. The smallest absolute Gasteiger partial charge is 0.273 e. The van der Waals surface area contributed by atoms with E-state index in [-0.39, 0.29) is 11.6 Å². The molecule has 0 unspecified atom stereocenters. The molecule has 2 aromatic carbocycles. The Morgan fingerprint density at radius 1 is 1.24 bits per heavy atom. The van der Waals surface area contributed by atoms with Crippen molar-refractivity contribution >= 4 is 33.2 Å². The topological polar surface area (TPSA) is 72.2 Å². The highest BCUT2D eigenvalue weighted by Crippen LogP contribution is 2.24. The zero-order valence-corrected chi connectivity index (χ0v) is 13.1. The summed E-state index contributed by atoms with van der Waals surface area (Å²) < 4.78 is 0.885. The van der Waals surface area contributed by atoms with Crippen LogP contribution in [-0.4, -0.2) is 10.8 Å². The number of benzene rings is 2. The van der Waals surface area contributed by atoms with E-state index in [0.29, 0.717) is 16.8 Å². The largest absolute Gasteiger partial charge is 0.322 e. The number of nitrogens with one attached hydrogen (secondary N) is 1. The van der Waals surface area contributed by atoms with E-state index >= 15 is 0 Å². The molecule has 0 aliphatic carbocycles. The summed E-state index contributed by atoms with van der Waals surface area (Å²) in [7, 11) is 0. The van der Waals surface area contributed by atoms with Crippen LogP contribution in [0.25, 0.3) is 0 Å². The number of carbonyl (C=O) groups is 1. The lowest BCUT2D eigenvalue weighted by Gasteiger charge is -2.09. The number of amides is 1. The minimum Gasteiger partial charge on any atom is -0.322 e. The molecule has 0 bridgehead atoms. The second-order valence-corrected chi connectivity index (χ2v) is 5.48. The SMILES string of the molecule is Cc1ccc(NC(=O)c2cccc([N+](=O)[O-])c2C)cc1Br. The monoisotopic (exact) mass is 348 g/mol. The van der Waals surface area contributed by atoms with E-state index in [1.807, 2.05) is 13.0 Å². The number of nitro groups is 1. The van der Waals surface area contributed by atoms with E-state index in [9.17, 15) is 14.9 Å². The van der Waals surface area contributed by atoms with E-state index in [4.69, 9.17) is 0 Å². The Bertz CT molecular complexity index is 729. The molecule has 21 heavy (non-hydrogen) atoms. The van der Waals surface area contributed by atoms with Crippen molar-refractivity contribution in [2.75, 3.05) is 5.32 Å². The number of carbonyl (C=O) groups excluding carboxylic acids is 1. The van der Waals surface area contributed by atoms with E-state index in [2.05, 4.69) is 21.2 Å². The van der Waals surface area contributed by atoms with Crippen LogP contribution in [0.2, 0.25) is 0 Å². The van der Waals surface area contributed by atoms with E-state index < -0.39 is 4.92 Å². The van der Waals surface area contributed by atoms with Gasteiger partial charge in [-0.1, -0.05) is 28.1 Å². The Balaban J connectivity index is 2.30. The molecule has 0 saturated carbocycles. The molecule has 0 atom stereocenters. The summed E-state index contributed by atoms with van der Waals surface area (Å²) in [6.07, 6.45) is 0. The van der Waals surface area contributed by atoms with E-state index in [0.717, 1.165) is 10.0 Å². The number of rotatable bonds is 3. The van der Waals surface area contributed by atoms with Crippen molar-refractivity contribution in [1.82, 2.24) is 0 Å². The molecule has 1 N–H and O–H groups in total. The van der Waals surface area contributed by atoms with Gasteiger partial charge in [-0.3, -0.25) is 14.9 Å². The third-order valence-electron chi connectivity index (χ3n) is 3.18. The van der Waals surface area contributed by atoms with Crippen LogP contribution < -0.4 is 5.32 Å². The van der Waals surface area contributed by atoms with Gasteiger partial charge in [-0.15, -0.1) is 0 Å². The average Bonchev–Trinajstić information content (AvgIpc) is 2.42. The lowest BCUT2D eigenvalue weighted by molar-refractivity contribution is -0.385. The summed E-state index contributed by atoms with van der Waals surface area (Å²) in [4.78, 5) is 22.7. The second kappa shape index (κ2) is 6.05. The Labute approximate surface area is 130 Å². The number of anilines is 1. The standard InChI is InChI=1S/C15H13BrN2O3/c1-9-6-7-11(8-13(9)16)17-15(19)12-4-3-5-14(10(12)2)18(20)21/h3-8H,1-2H3,(H,17,19). The summed E-state index contributed by atoms with van der Waals surface area (Å²) >= 11 is 3.40. The molecule has 0 aromatic heterocycles. The van der Waals surface area contributed by atoms with Gasteiger partial charge in [0, 0.05) is 27.4 Å². The second-order valence-electron chi connectivity index (χ2n) is 4.62. The number of nitro benzene ring substituents is 1. The van der Waals surface area contributed by atoms with Gasteiger partial charge in [0.15, 0.2) is 0 Å². The molecule has 0 fully saturated rings. The summed E-state index contributed by atoms with van der Waals surface area (Å²) in [5.41, 5.74) is 2.27. The van der Waals surface area contributed by atoms with Crippen molar-refractivity contribution in [2.45, 2.75) is 13.8 Å². The highest BCUT2D eigenvalue weighted by atomic mass is 79.9. The maximum Gasteiger partial charge on any atom is 0.273 e. The summed E-state index contributed by atoms with van der Waals surface area (Å²) in [6.45, 7) is 3.51. The molecule has 6 heteroatoms. The number of hydrogen-bond acceptors (Lipinski definition) is 3. The zero-order valence-electron chi connectivity index (χ0n) is 11.5. The van der Waals surface area contributed by atoms with Crippen molar-refractivity contribution in [3.63, 3.8) is 0 Å². The first-order chi connectivity index (χ1) is 9.90. The third kappa shape index (κ3) is 3.28. The van der Waals surface area contributed by atoms with Crippen molar-refractivity contribution in [1.29, 1.82) is 0 Å². The highest BCUT2D eigenvalue weighted by molar-refractivity contribution is 9.10. The first-order valence-corrected chi connectivity index (χ1v) is 7.01. The maximum atomic E-state index is 12.3. The summed E-state index contributed by atoms with van der Waals surface area (Å²) in [6, 6.07) is 9.91. The van der Waals surface area contributed by atoms with Crippen molar-refractivity contribution in [3.8, 4) is 0 Å². The molecule has 5 nitrogen and oxygen atoms in total. The quantitative estimate of drug-likeness (QED) is 0.666. The Morgan fingerprint density at radius 2 is 1.95 bits per heavy atom. The van der Waals surface area contributed by atoms with Crippen molar-refractivity contribution in [3.05, 3.63) is 67.7 Å². The van der Waals surface area contributed by atoms with Gasteiger partial charge in [0.1, 0.15) is 0 Å².